The smallest absolute Gasteiger partial charge is 0.304 e. The van der Waals surface area contributed by atoms with E-state index in [0.29, 0.717) is 6.42 Å². The van der Waals surface area contributed by atoms with E-state index in [4.69, 9.17) is 5.11 Å². The normalized spacial score (nSPS) is 29.9. The Morgan fingerprint density at radius 3 is 2.88 bits per heavy atom. The lowest BCUT2D eigenvalue weighted by molar-refractivity contribution is -0.136. The zero-order chi connectivity index (χ0) is 12.1. The van der Waals surface area contributed by atoms with Crippen molar-refractivity contribution in [1.29, 1.82) is 0 Å². The lowest BCUT2D eigenvalue weighted by atomic mass is 9.85. The summed E-state index contributed by atoms with van der Waals surface area (Å²) in [6, 6.07) is 0.801. The van der Waals surface area contributed by atoms with Crippen molar-refractivity contribution in [3.63, 3.8) is 0 Å². The van der Waals surface area contributed by atoms with E-state index in [2.05, 4.69) is 4.90 Å². The van der Waals surface area contributed by atoms with E-state index in [-0.39, 0.29) is 0 Å². The van der Waals surface area contributed by atoms with Gasteiger partial charge >= 0.3 is 5.97 Å². The predicted octanol–water partition coefficient (Wildman–Crippen LogP) is 2.46. The Kier molecular flexibility index (Phi) is 5.16. The van der Waals surface area contributed by atoms with Crippen LogP contribution in [0.2, 0.25) is 0 Å². The topological polar surface area (TPSA) is 40.5 Å². The van der Waals surface area contributed by atoms with Crippen molar-refractivity contribution in [1.82, 2.24) is 4.90 Å². The molecule has 0 aromatic heterocycles. The molecule has 0 aromatic carbocycles. The second kappa shape index (κ2) is 6.64. The highest BCUT2D eigenvalue weighted by atomic mass is 32.2. The first-order chi connectivity index (χ1) is 8.27. The van der Waals surface area contributed by atoms with Crippen molar-refractivity contribution in [2.45, 2.75) is 44.6 Å². The summed E-state index contributed by atoms with van der Waals surface area (Å²) < 4.78 is 0. The van der Waals surface area contributed by atoms with Crippen molar-refractivity contribution in [2.75, 3.05) is 24.6 Å². The van der Waals surface area contributed by atoms with Crippen LogP contribution in [0.4, 0.5) is 0 Å². The fourth-order valence-corrected chi connectivity index (χ4v) is 4.34. The van der Waals surface area contributed by atoms with Gasteiger partial charge in [0, 0.05) is 11.8 Å². The average molecular weight is 257 g/mol. The molecule has 0 amide bonds. The molecular formula is C13H23NO2S. The van der Waals surface area contributed by atoms with Crippen LogP contribution >= 0.6 is 11.8 Å². The second-order valence-corrected chi connectivity index (χ2v) is 6.37. The Hall–Kier alpha value is -0.220. The van der Waals surface area contributed by atoms with Crippen molar-refractivity contribution in [3.8, 4) is 0 Å². The monoisotopic (exact) mass is 257 g/mol. The minimum Gasteiger partial charge on any atom is -0.481 e. The SMILES string of the molecule is O=C(O)CCSC[C@@H]1CCCN2CCCC[C@H]12. The van der Waals surface area contributed by atoms with Crippen molar-refractivity contribution >= 4 is 17.7 Å². The largest absolute Gasteiger partial charge is 0.481 e. The lowest BCUT2D eigenvalue weighted by Crippen LogP contribution is -2.48. The van der Waals surface area contributed by atoms with Gasteiger partial charge in [0.1, 0.15) is 0 Å². The number of hydrogen-bond acceptors (Lipinski definition) is 3. The number of aliphatic carboxylic acids is 1. The minimum atomic E-state index is -0.666. The number of nitrogens with zero attached hydrogens (tertiary/aromatic N) is 1. The molecule has 1 N–H and O–H groups in total. The molecule has 0 unspecified atom stereocenters. The van der Waals surface area contributed by atoms with Gasteiger partial charge in [0.25, 0.3) is 0 Å². The molecule has 0 aromatic rings. The molecule has 98 valence electrons. The number of carboxylic acids is 1. The van der Waals surface area contributed by atoms with Crippen molar-refractivity contribution < 1.29 is 9.90 Å². The summed E-state index contributed by atoms with van der Waals surface area (Å²) >= 11 is 1.84. The fraction of sp³-hybridized carbons (Fsp3) is 0.923. The van der Waals surface area contributed by atoms with Crippen molar-refractivity contribution in [3.05, 3.63) is 0 Å². The van der Waals surface area contributed by atoms with E-state index in [1.165, 1.54) is 45.2 Å². The summed E-state index contributed by atoms with van der Waals surface area (Å²) in [5.41, 5.74) is 0. The number of rotatable bonds is 5. The first kappa shape index (κ1) is 13.2. The summed E-state index contributed by atoms with van der Waals surface area (Å²) in [6.07, 6.45) is 7.12. The predicted molar refractivity (Wildman–Crippen MR) is 71.5 cm³/mol. The quantitative estimate of drug-likeness (QED) is 0.768. The third kappa shape index (κ3) is 3.88. The number of fused-ring (bicyclic) bond motifs is 1. The molecule has 2 rings (SSSR count). The first-order valence-corrected chi connectivity index (χ1v) is 7.96. The van der Waals surface area contributed by atoms with Gasteiger partial charge < -0.3 is 10.0 Å². The van der Waals surface area contributed by atoms with Crippen LogP contribution < -0.4 is 0 Å². The van der Waals surface area contributed by atoms with Crippen molar-refractivity contribution in [2.24, 2.45) is 5.92 Å². The molecule has 0 aliphatic carbocycles. The van der Waals surface area contributed by atoms with Crippen LogP contribution in [-0.4, -0.2) is 46.6 Å². The molecule has 2 aliphatic rings. The maximum Gasteiger partial charge on any atom is 0.304 e. The van der Waals surface area contributed by atoms with Gasteiger partial charge in [0.2, 0.25) is 0 Å². The summed E-state index contributed by atoms with van der Waals surface area (Å²) in [6.45, 7) is 2.59. The van der Waals surface area contributed by atoms with Crippen LogP contribution in [0.15, 0.2) is 0 Å². The Morgan fingerprint density at radius 2 is 2.06 bits per heavy atom. The first-order valence-electron chi connectivity index (χ1n) is 6.81. The number of thioether (sulfide) groups is 1. The average Bonchev–Trinajstić information content (AvgIpc) is 2.34. The van der Waals surface area contributed by atoms with Gasteiger partial charge in [-0.05, 0) is 50.4 Å². The molecule has 0 spiro atoms. The third-order valence-electron chi connectivity index (χ3n) is 4.02. The molecule has 4 heteroatoms. The third-order valence-corrected chi connectivity index (χ3v) is 5.18. The van der Waals surface area contributed by atoms with E-state index < -0.39 is 5.97 Å². The van der Waals surface area contributed by atoms with E-state index in [1.807, 2.05) is 11.8 Å². The molecule has 2 atom stereocenters. The molecule has 17 heavy (non-hydrogen) atoms. The molecular weight excluding hydrogens is 234 g/mol. The van der Waals surface area contributed by atoms with Gasteiger partial charge in [-0.2, -0.15) is 11.8 Å². The molecule has 0 saturated carbocycles. The maximum atomic E-state index is 10.5. The van der Waals surface area contributed by atoms with Gasteiger partial charge in [-0.3, -0.25) is 4.79 Å². The molecule has 0 bridgehead atoms. The Bertz CT molecular complexity index is 258. The van der Waals surface area contributed by atoms with Crippen LogP contribution in [-0.2, 0) is 4.79 Å². The van der Waals surface area contributed by atoms with Crippen LogP contribution in [0.1, 0.15) is 38.5 Å². The number of carboxylic acid groups (broad SMARTS) is 1. The summed E-state index contributed by atoms with van der Waals surface area (Å²) in [4.78, 5) is 13.1. The molecule has 2 aliphatic heterocycles. The molecule has 0 radical (unpaired) electrons. The van der Waals surface area contributed by atoms with Crippen LogP contribution in [0.3, 0.4) is 0 Å². The Labute approximate surface area is 108 Å². The highest BCUT2D eigenvalue weighted by Crippen LogP contribution is 2.32. The lowest BCUT2D eigenvalue weighted by Gasteiger charge is -2.44. The van der Waals surface area contributed by atoms with Gasteiger partial charge in [-0.15, -0.1) is 0 Å². The van der Waals surface area contributed by atoms with Gasteiger partial charge in [0.05, 0.1) is 6.42 Å². The van der Waals surface area contributed by atoms with E-state index in [0.717, 1.165) is 23.5 Å². The molecule has 2 heterocycles. The van der Waals surface area contributed by atoms with Gasteiger partial charge in [-0.1, -0.05) is 6.42 Å². The van der Waals surface area contributed by atoms with E-state index in [9.17, 15) is 4.79 Å². The zero-order valence-corrected chi connectivity index (χ0v) is 11.3. The highest BCUT2D eigenvalue weighted by Gasteiger charge is 2.32. The van der Waals surface area contributed by atoms with Crippen LogP contribution in [0.25, 0.3) is 0 Å². The Balaban J connectivity index is 1.73. The Morgan fingerprint density at radius 1 is 1.24 bits per heavy atom. The molecule has 3 nitrogen and oxygen atoms in total. The minimum absolute atomic E-state index is 0.311. The number of carbonyl (C=O) groups is 1. The molecule has 2 saturated heterocycles. The van der Waals surface area contributed by atoms with Crippen LogP contribution in [0, 0.1) is 5.92 Å². The highest BCUT2D eigenvalue weighted by molar-refractivity contribution is 7.99. The van der Waals surface area contributed by atoms with Gasteiger partial charge in [0.15, 0.2) is 0 Å². The van der Waals surface area contributed by atoms with Gasteiger partial charge in [-0.25, -0.2) is 0 Å². The second-order valence-electron chi connectivity index (χ2n) is 5.22. The summed E-state index contributed by atoms with van der Waals surface area (Å²) in [7, 11) is 0. The maximum absolute atomic E-state index is 10.5. The molecule has 2 fully saturated rings. The summed E-state index contributed by atoms with van der Waals surface area (Å²) in [5, 5.41) is 8.62. The zero-order valence-electron chi connectivity index (χ0n) is 10.4. The number of piperidine rings is 2. The summed E-state index contributed by atoms with van der Waals surface area (Å²) in [5.74, 6) is 2.08. The van der Waals surface area contributed by atoms with Crippen LogP contribution in [0.5, 0.6) is 0 Å². The van der Waals surface area contributed by atoms with E-state index >= 15 is 0 Å². The fourth-order valence-electron chi connectivity index (χ4n) is 3.17. The van der Waals surface area contributed by atoms with E-state index in [1.54, 1.807) is 0 Å². The number of hydrogen-bond donors (Lipinski definition) is 1. The standard InChI is InChI=1S/C13H23NO2S/c15-13(16)6-9-17-10-11-4-3-8-14-7-2-1-5-12(11)14/h11-12H,1-10H2,(H,15,16)/t11-,12+/m0/s1.